The minimum absolute atomic E-state index is 0.0902. The van der Waals surface area contributed by atoms with E-state index in [0.717, 1.165) is 17.7 Å². The molecule has 0 bridgehead atoms. The number of nitrogens with zero attached hydrogens (tertiary/aromatic N) is 1. The zero-order valence-electron chi connectivity index (χ0n) is 10.4. The summed E-state index contributed by atoms with van der Waals surface area (Å²) in [6.07, 6.45) is 0.791. The van der Waals surface area contributed by atoms with Crippen LogP contribution in [0.1, 0.15) is 12.5 Å². The van der Waals surface area contributed by atoms with Crippen LogP contribution >= 0.6 is 15.9 Å². The van der Waals surface area contributed by atoms with Gasteiger partial charge in [-0.3, -0.25) is 4.79 Å². The lowest BCUT2D eigenvalue weighted by Gasteiger charge is -2.25. The highest BCUT2D eigenvalue weighted by Gasteiger charge is 2.16. The largest absolute Gasteiger partial charge is 0.496 e. The Balaban J connectivity index is 2.73. The van der Waals surface area contributed by atoms with Crippen LogP contribution in [-0.2, 0) is 11.2 Å². The molecule has 94 valence electrons. The first kappa shape index (κ1) is 14.0. The van der Waals surface area contributed by atoms with E-state index in [2.05, 4.69) is 15.9 Å². The molecule has 4 heteroatoms. The maximum atomic E-state index is 11.5. The number of carbonyl (C=O) groups excluding carboxylic acids is 1. The molecular weight excluding hydrogens is 282 g/mol. The van der Waals surface area contributed by atoms with E-state index in [1.165, 1.54) is 0 Å². The van der Waals surface area contributed by atoms with Crippen molar-refractivity contribution >= 4 is 21.8 Å². The first-order chi connectivity index (χ1) is 8.10. The summed E-state index contributed by atoms with van der Waals surface area (Å²) in [7, 11) is 3.49. The standard InChI is InChI=1S/C13H18BrNO2/c1-10(15(2)13(16)9-14)8-11-6-4-5-7-12(11)17-3/h4-7,10H,8-9H2,1-3H3. The van der Waals surface area contributed by atoms with E-state index in [4.69, 9.17) is 4.74 Å². The molecule has 3 nitrogen and oxygen atoms in total. The van der Waals surface area contributed by atoms with Crippen molar-refractivity contribution in [1.82, 2.24) is 4.90 Å². The molecule has 0 aliphatic carbocycles. The van der Waals surface area contributed by atoms with Crippen molar-refractivity contribution in [3.63, 3.8) is 0 Å². The van der Waals surface area contributed by atoms with Crippen LogP contribution in [0.15, 0.2) is 24.3 Å². The number of halogens is 1. The Morgan fingerprint density at radius 2 is 2.12 bits per heavy atom. The monoisotopic (exact) mass is 299 g/mol. The van der Waals surface area contributed by atoms with Crippen LogP contribution in [0.2, 0.25) is 0 Å². The predicted molar refractivity (Wildman–Crippen MR) is 72.7 cm³/mol. The summed E-state index contributed by atoms with van der Waals surface area (Å²) in [6, 6.07) is 8.05. The summed E-state index contributed by atoms with van der Waals surface area (Å²) >= 11 is 3.18. The SMILES string of the molecule is COc1ccccc1CC(C)N(C)C(=O)CBr. The van der Waals surface area contributed by atoms with Gasteiger partial charge < -0.3 is 9.64 Å². The minimum atomic E-state index is 0.0902. The van der Waals surface area contributed by atoms with Crippen LogP contribution in [0.4, 0.5) is 0 Å². The third-order valence-electron chi connectivity index (χ3n) is 2.88. The van der Waals surface area contributed by atoms with Crippen molar-refractivity contribution in [2.75, 3.05) is 19.5 Å². The number of methoxy groups -OCH3 is 1. The summed E-state index contributed by atoms with van der Waals surface area (Å²) < 4.78 is 5.30. The van der Waals surface area contributed by atoms with Crippen molar-refractivity contribution in [2.45, 2.75) is 19.4 Å². The van der Waals surface area contributed by atoms with Gasteiger partial charge in [0, 0.05) is 13.1 Å². The molecule has 0 aromatic heterocycles. The molecule has 17 heavy (non-hydrogen) atoms. The number of hydrogen-bond donors (Lipinski definition) is 0. The van der Waals surface area contributed by atoms with Crippen LogP contribution in [0.25, 0.3) is 0 Å². The van der Waals surface area contributed by atoms with E-state index in [1.807, 2.05) is 38.2 Å². The van der Waals surface area contributed by atoms with Crippen LogP contribution in [0.5, 0.6) is 5.75 Å². The van der Waals surface area contributed by atoms with E-state index >= 15 is 0 Å². The summed E-state index contributed by atoms with van der Waals surface area (Å²) in [5.41, 5.74) is 1.12. The van der Waals surface area contributed by atoms with Crippen LogP contribution in [0, 0.1) is 0 Å². The highest BCUT2D eigenvalue weighted by Crippen LogP contribution is 2.20. The summed E-state index contributed by atoms with van der Waals surface area (Å²) in [5, 5.41) is 0.361. The first-order valence-corrected chi connectivity index (χ1v) is 6.65. The van der Waals surface area contributed by atoms with Gasteiger partial charge in [-0.05, 0) is 25.0 Å². The van der Waals surface area contributed by atoms with Crippen molar-refractivity contribution in [3.05, 3.63) is 29.8 Å². The van der Waals surface area contributed by atoms with Gasteiger partial charge >= 0.3 is 0 Å². The normalized spacial score (nSPS) is 12.0. The fourth-order valence-corrected chi connectivity index (χ4v) is 2.06. The van der Waals surface area contributed by atoms with Gasteiger partial charge in [0.25, 0.3) is 0 Å². The minimum Gasteiger partial charge on any atom is -0.496 e. The van der Waals surface area contributed by atoms with Gasteiger partial charge in [-0.25, -0.2) is 0 Å². The van der Waals surface area contributed by atoms with E-state index in [1.54, 1.807) is 12.0 Å². The first-order valence-electron chi connectivity index (χ1n) is 5.53. The summed E-state index contributed by atoms with van der Waals surface area (Å²) in [5.74, 6) is 0.964. The molecule has 1 amide bonds. The zero-order chi connectivity index (χ0) is 12.8. The average Bonchev–Trinajstić information content (AvgIpc) is 2.37. The highest BCUT2D eigenvalue weighted by atomic mass is 79.9. The Kier molecular flexibility index (Phi) is 5.48. The third kappa shape index (κ3) is 3.73. The maximum absolute atomic E-state index is 11.5. The van der Waals surface area contributed by atoms with Crippen molar-refractivity contribution in [3.8, 4) is 5.75 Å². The lowest BCUT2D eigenvalue weighted by atomic mass is 10.1. The zero-order valence-corrected chi connectivity index (χ0v) is 12.0. The molecule has 0 radical (unpaired) electrons. The molecule has 0 saturated heterocycles. The average molecular weight is 300 g/mol. The van der Waals surface area contributed by atoms with Gasteiger partial charge in [0.1, 0.15) is 5.75 Å². The number of amides is 1. The van der Waals surface area contributed by atoms with Gasteiger partial charge in [-0.1, -0.05) is 34.1 Å². The van der Waals surface area contributed by atoms with Gasteiger partial charge in [-0.15, -0.1) is 0 Å². The number of benzene rings is 1. The fourth-order valence-electron chi connectivity index (χ4n) is 1.67. The van der Waals surface area contributed by atoms with Crippen molar-refractivity contribution in [2.24, 2.45) is 0 Å². The Bertz CT molecular complexity index is 381. The Morgan fingerprint density at radius 1 is 1.47 bits per heavy atom. The van der Waals surface area contributed by atoms with E-state index in [0.29, 0.717) is 5.33 Å². The van der Waals surface area contributed by atoms with Gasteiger partial charge in [-0.2, -0.15) is 0 Å². The van der Waals surface area contributed by atoms with E-state index in [9.17, 15) is 4.79 Å². The number of ether oxygens (including phenoxy) is 1. The second kappa shape index (κ2) is 6.64. The second-order valence-electron chi connectivity index (χ2n) is 4.00. The molecule has 1 aromatic carbocycles. The van der Waals surface area contributed by atoms with Crippen LogP contribution in [0.3, 0.4) is 0 Å². The topological polar surface area (TPSA) is 29.5 Å². The van der Waals surface area contributed by atoms with Gasteiger partial charge in [0.05, 0.1) is 12.4 Å². The predicted octanol–water partition coefficient (Wildman–Crippen LogP) is 2.48. The van der Waals surface area contributed by atoms with E-state index < -0.39 is 0 Å². The van der Waals surface area contributed by atoms with Gasteiger partial charge in [0.15, 0.2) is 0 Å². The number of hydrogen-bond acceptors (Lipinski definition) is 2. The maximum Gasteiger partial charge on any atom is 0.233 e. The molecule has 0 heterocycles. The number of carbonyl (C=O) groups is 1. The molecular formula is C13H18BrNO2. The van der Waals surface area contributed by atoms with Crippen molar-refractivity contribution < 1.29 is 9.53 Å². The Labute approximate surface area is 111 Å². The molecule has 0 fully saturated rings. The molecule has 0 N–H and O–H groups in total. The van der Waals surface area contributed by atoms with E-state index in [-0.39, 0.29) is 11.9 Å². The van der Waals surface area contributed by atoms with Gasteiger partial charge in [0.2, 0.25) is 5.91 Å². The molecule has 0 spiro atoms. The summed E-state index contributed by atoms with van der Waals surface area (Å²) in [6.45, 7) is 2.03. The molecule has 1 rings (SSSR count). The molecule has 1 unspecified atom stereocenters. The lowest BCUT2D eigenvalue weighted by Crippen LogP contribution is -2.37. The van der Waals surface area contributed by atoms with Crippen LogP contribution < -0.4 is 4.74 Å². The second-order valence-corrected chi connectivity index (χ2v) is 4.56. The number of likely N-dealkylation sites (N-methyl/N-ethyl adjacent to an activating group) is 1. The molecule has 0 aliphatic heterocycles. The fraction of sp³-hybridized carbons (Fsp3) is 0.462. The lowest BCUT2D eigenvalue weighted by molar-refractivity contribution is -0.128. The number of alkyl halides is 1. The Morgan fingerprint density at radius 3 is 2.71 bits per heavy atom. The smallest absolute Gasteiger partial charge is 0.233 e. The number of rotatable bonds is 5. The quantitative estimate of drug-likeness (QED) is 0.782. The van der Waals surface area contributed by atoms with Crippen molar-refractivity contribution in [1.29, 1.82) is 0 Å². The Hall–Kier alpha value is -1.03. The highest BCUT2D eigenvalue weighted by molar-refractivity contribution is 9.09. The summed E-state index contributed by atoms with van der Waals surface area (Å²) in [4.78, 5) is 13.3. The molecule has 0 aliphatic rings. The number of para-hydroxylation sites is 1. The molecule has 0 saturated carbocycles. The molecule has 1 atom stereocenters. The van der Waals surface area contributed by atoms with Crippen LogP contribution in [-0.4, -0.2) is 36.3 Å². The third-order valence-corrected chi connectivity index (χ3v) is 3.36. The molecule has 1 aromatic rings.